The van der Waals surface area contributed by atoms with Gasteiger partial charge in [-0.15, -0.1) is 0 Å². The van der Waals surface area contributed by atoms with Gasteiger partial charge in [0.1, 0.15) is 36.3 Å². The van der Waals surface area contributed by atoms with Gasteiger partial charge in [0.2, 0.25) is 35.4 Å². The number of carbonyl (C=O) groups excluding carboxylic acids is 7. The van der Waals surface area contributed by atoms with E-state index in [0.717, 1.165) is 39.5 Å². The molecule has 1 aliphatic heterocycles. The molecule has 0 radical (unpaired) electrons. The topological polar surface area (TPSA) is 287 Å². The number of aliphatic hydroxyl groups excluding tert-OH is 1. The van der Waals surface area contributed by atoms with E-state index in [1.807, 2.05) is 48.5 Å². The lowest BCUT2D eigenvalue weighted by Gasteiger charge is -2.35. The van der Waals surface area contributed by atoms with Crippen LogP contribution in [0.3, 0.4) is 0 Å². The SMILES string of the molecule is CC(O)C1NC(=O)C(CCCCN)NC(=O)C(Cc2c[nH]c3ccccc23)NC(=O)C(Cc2c[nH]c3ccccc23)NC(=O)C(Cc2ccccc2)N(C(=O)CCCCCCN)C(=O)C(Cc2ccccc2)NC1=O. The molecule has 18 nitrogen and oxygen atoms in total. The van der Waals surface area contributed by atoms with Gasteiger partial charge in [-0.1, -0.05) is 110 Å². The van der Waals surface area contributed by atoms with Crippen LogP contribution in [0.5, 0.6) is 0 Å². The third-order valence-corrected chi connectivity index (χ3v) is 13.7. The lowest BCUT2D eigenvalue weighted by molar-refractivity contribution is -0.154. The number of nitrogens with two attached hydrogens (primary N) is 2. The van der Waals surface area contributed by atoms with E-state index >= 15 is 14.4 Å². The number of aromatic nitrogens is 2. The summed E-state index contributed by atoms with van der Waals surface area (Å²) in [6.45, 7) is 2.05. The second-order valence-electron chi connectivity index (χ2n) is 19.3. The van der Waals surface area contributed by atoms with Gasteiger partial charge >= 0.3 is 0 Å². The number of aliphatic hydroxyl groups is 1. The Hall–Kier alpha value is -7.67. The van der Waals surface area contributed by atoms with Crippen molar-refractivity contribution in [2.75, 3.05) is 13.1 Å². The van der Waals surface area contributed by atoms with Gasteiger partial charge in [-0.3, -0.25) is 38.5 Å². The van der Waals surface area contributed by atoms with E-state index in [-0.39, 0.29) is 38.5 Å². The zero-order valence-corrected chi connectivity index (χ0v) is 42.4. The summed E-state index contributed by atoms with van der Waals surface area (Å²) in [5.41, 5.74) is 15.7. The minimum Gasteiger partial charge on any atom is -0.391 e. The number of nitrogens with zero attached hydrogens (tertiary/aromatic N) is 1. The highest BCUT2D eigenvalue weighted by atomic mass is 16.3. The number of unbranched alkanes of at least 4 members (excludes halogenated alkanes) is 4. The summed E-state index contributed by atoms with van der Waals surface area (Å²) in [5.74, 6) is -5.73. The van der Waals surface area contributed by atoms with Crippen molar-refractivity contribution in [1.82, 2.24) is 41.5 Å². The quantitative estimate of drug-likeness (QED) is 0.0527. The largest absolute Gasteiger partial charge is 0.391 e. The molecule has 2 aromatic heterocycles. The van der Waals surface area contributed by atoms with E-state index in [2.05, 4.69) is 36.6 Å². The number of carbonyl (C=O) groups is 7. The predicted molar refractivity (Wildman–Crippen MR) is 286 cm³/mol. The van der Waals surface area contributed by atoms with Gasteiger partial charge in [-0.25, -0.2) is 0 Å². The lowest BCUT2D eigenvalue weighted by atomic mass is 9.97. The number of H-pyrrole nitrogens is 2. The van der Waals surface area contributed by atoms with E-state index in [1.165, 1.54) is 6.92 Å². The van der Waals surface area contributed by atoms with E-state index in [9.17, 15) is 24.3 Å². The summed E-state index contributed by atoms with van der Waals surface area (Å²) in [4.78, 5) is 113. The van der Waals surface area contributed by atoms with Gasteiger partial charge in [0.25, 0.3) is 5.91 Å². The van der Waals surface area contributed by atoms with Gasteiger partial charge in [-0.05, 0) is 86.5 Å². The molecule has 0 saturated carbocycles. The molecule has 6 aromatic rings. The van der Waals surface area contributed by atoms with E-state index in [4.69, 9.17) is 11.5 Å². The highest BCUT2D eigenvalue weighted by molar-refractivity contribution is 6.05. The van der Waals surface area contributed by atoms with Crippen LogP contribution in [-0.4, -0.2) is 117 Å². The van der Waals surface area contributed by atoms with Crippen LogP contribution in [-0.2, 0) is 59.2 Å². The molecule has 1 saturated heterocycles. The van der Waals surface area contributed by atoms with Crippen molar-refractivity contribution in [3.63, 3.8) is 0 Å². The summed E-state index contributed by atoms with van der Waals surface area (Å²) >= 11 is 0. The van der Waals surface area contributed by atoms with Crippen molar-refractivity contribution in [1.29, 1.82) is 0 Å². The second-order valence-corrected chi connectivity index (χ2v) is 19.3. The molecule has 0 bridgehead atoms. The fourth-order valence-electron chi connectivity index (χ4n) is 9.66. The Kier molecular flexibility index (Phi) is 19.9. The molecule has 1 aliphatic rings. The number of imide groups is 1. The van der Waals surface area contributed by atoms with E-state index < -0.39 is 83.7 Å². The Labute approximate surface area is 436 Å². The van der Waals surface area contributed by atoms with Crippen LogP contribution >= 0.6 is 0 Å². The van der Waals surface area contributed by atoms with Crippen LogP contribution in [0.4, 0.5) is 0 Å². The van der Waals surface area contributed by atoms with E-state index in [0.29, 0.717) is 61.0 Å². The van der Waals surface area contributed by atoms with Crippen molar-refractivity contribution < 1.29 is 38.7 Å². The molecule has 3 heterocycles. The normalized spacial score (nSPS) is 20.9. The summed E-state index contributed by atoms with van der Waals surface area (Å²) in [6.07, 6.45) is 4.63. The average molecular weight is 1020 g/mol. The number of rotatable bonds is 19. The first-order valence-electron chi connectivity index (χ1n) is 26.0. The van der Waals surface area contributed by atoms with Crippen molar-refractivity contribution in [2.24, 2.45) is 11.5 Å². The molecule has 12 N–H and O–H groups in total. The molecule has 7 rings (SSSR count). The molecule has 396 valence electrons. The van der Waals surface area contributed by atoms with Crippen molar-refractivity contribution in [3.05, 3.63) is 144 Å². The highest BCUT2D eigenvalue weighted by Crippen LogP contribution is 2.23. The number of amides is 7. The van der Waals surface area contributed by atoms with Crippen LogP contribution in [0.25, 0.3) is 21.8 Å². The molecule has 1 fully saturated rings. The van der Waals surface area contributed by atoms with Gasteiger partial charge in [0.05, 0.1) is 6.10 Å². The maximum absolute atomic E-state index is 15.6. The number of benzene rings is 4. The standard InChI is InChI=1S/C57H70N10O8/c1-36(68)51-56(74)65-48(30-37-18-6-4-7-19-37)57(75)67(50(69)27-10-2-3-16-28-58)49(31-38-20-8-5-9-21-38)55(73)64-47(33-40-35-61-44-25-14-12-23-42(40)44)54(72)63-46(32-39-34-60-43-24-13-11-22-41(39)43)53(71)62-45(52(70)66-51)26-15-17-29-59/h4-9,11-14,18-25,34-36,45-49,51,60-61,68H,2-3,10,15-17,26-33,58-59H2,1H3,(H,62,71)(H,63,72)(H,64,73)(H,65,74)(H,66,70). The summed E-state index contributed by atoms with van der Waals surface area (Å²) in [7, 11) is 0. The molecule has 7 amide bonds. The zero-order chi connectivity index (χ0) is 53.3. The summed E-state index contributed by atoms with van der Waals surface area (Å²) < 4.78 is 0. The van der Waals surface area contributed by atoms with Crippen molar-refractivity contribution >= 4 is 63.2 Å². The van der Waals surface area contributed by atoms with Crippen LogP contribution < -0.4 is 38.1 Å². The summed E-state index contributed by atoms with van der Waals surface area (Å²) in [6, 6.07) is 23.7. The van der Waals surface area contributed by atoms with Gasteiger partial charge < -0.3 is 53.1 Å². The van der Waals surface area contributed by atoms with Crippen LogP contribution in [0.2, 0.25) is 0 Å². The molecule has 18 heteroatoms. The van der Waals surface area contributed by atoms with Gasteiger partial charge in [0, 0.05) is 66.3 Å². The van der Waals surface area contributed by atoms with Gasteiger partial charge in [-0.2, -0.15) is 0 Å². The minimum absolute atomic E-state index is 0.0628. The van der Waals surface area contributed by atoms with E-state index in [1.54, 1.807) is 73.1 Å². The maximum Gasteiger partial charge on any atom is 0.252 e. The zero-order valence-electron chi connectivity index (χ0n) is 42.4. The maximum atomic E-state index is 15.6. The van der Waals surface area contributed by atoms with Crippen molar-refractivity contribution in [3.8, 4) is 0 Å². The Morgan fingerprint density at radius 1 is 0.520 bits per heavy atom. The fraction of sp³-hybridized carbons (Fsp3) is 0.386. The molecule has 0 spiro atoms. The molecule has 75 heavy (non-hydrogen) atoms. The molecular formula is C57H70N10O8. The molecule has 7 unspecified atom stereocenters. The molecule has 0 aliphatic carbocycles. The molecular weight excluding hydrogens is 953 g/mol. The third-order valence-electron chi connectivity index (χ3n) is 13.7. The number of nitrogens with one attached hydrogen (secondary N) is 7. The first kappa shape index (κ1) is 55.1. The van der Waals surface area contributed by atoms with Gasteiger partial charge in [0.15, 0.2) is 0 Å². The number of hydrogen-bond acceptors (Lipinski definition) is 10. The smallest absolute Gasteiger partial charge is 0.252 e. The van der Waals surface area contributed by atoms with Crippen LogP contribution in [0.15, 0.2) is 122 Å². The Balaban J connectivity index is 1.38. The fourth-order valence-corrected chi connectivity index (χ4v) is 9.66. The molecule has 4 aromatic carbocycles. The minimum atomic E-state index is -1.67. The summed E-state index contributed by atoms with van der Waals surface area (Å²) in [5, 5.41) is 26.8. The lowest BCUT2D eigenvalue weighted by Crippen LogP contribution is -2.64. The Morgan fingerprint density at radius 3 is 1.55 bits per heavy atom. The number of hydrogen-bond donors (Lipinski definition) is 10. The number of aromatic amines is 2. The Morgan fingerprint density at radius 2 is 0.987 bits per heavy atom. The highest BCUT2D eigenvalue weighted by Gasteiger charge is 2.42. The Bertz CT molecular complexity index is 2890. The predicted octanol–water partition coefficient (Wildman–Crippen LogP) is 3.50. The average Bonchev–Trinajstić information content (AvgIpc) is 4.02. The first-order chi connectivity index (χ1) is 36.3. The third kappa shape index (κ3) is 14.8. The van der Waals surface area contributed by atoms with Crippen LogP contribution in [0.1, 0.15) is 80.5 Å². The second kappa shape index (κ2) is 27.0. The first-order valence-corrected chi connectivity index (χ1v) is 26.0. The number of fused-ring (bicyclic) bond motifs is 2. The molecule has 7 atom stereocenters. The van der Waals surface area contributed by atoms with Crippen molar-refractivity contribution in [2.45, 2.75) is 126 Å². The number of para-hydroxylation sites is 2. The van der Waals surface area contributed by atoms with Crippen LogP contribution in [0, 0.1) is 0 Å². The monoisotopic (exact) mass is 1020 g/mol.